The SMILES string of the molecule is c1ccc2c(c1)oc1cc(-c3ccc4ccc5c(-c6ccc7c(c6)oc6ccccc67)ccc6ccc3c4c65)ccc12. The van der Waals surface area contributed by atoms with E-state index in [2.05, 4.69) is 109 Å². The molecule has 0 atom stereocenters. The van der Waals surface area contributed by atoms with Crippen LogP contribution in [0.3, 0.4) is 0 Å². The summed E-state index contributed by atoms with van der Waals surface area (Å²) >= 11 is 0. The van der Waals surface area contributed by atoms with E-state index in [9.17, 15) is 0 Å². The Balaban J connectivity index is 1.21. The van der Waals surface area contributed by atoms with Crippen LogP contribution < -0.4 is 0 Å². The van der Waals surface area contributed by atoms with Gasteiger partial charge in [0, 0.05) is 21.5 Å². The Morgan fingerprint density at radius 1 is 0.310 bits per heavy atom. The first-order valence-electron chi connectivity index (χ1n) is 14.3. The Morgan fingerprint density at radius 2 is 0.714 bits per heavy atom. The lowest BCUT2D eigenvalue weighted by atomic mass is 9.87. The second-order valence-electron chi connectivity index (χ2n) is 11.3. The number of fused-ring (bicyclic) bond motifs is 6. The van der Waals surface area contributed by atoms with E-state index in [1.807, 2.05) is 24.3 Å². The van der Waals surface area contributed by atoms with E-state index in [1.165, 1.54) is 43.4 Å². The number of hydrogen-bond donors (Lipinski definition) is 0. The summed E-state index contributed by atoms with van der Waals surface area (Å²) in [6, 6.07) is 47.8. The molecule has 0 spiro atoms. The Bertz CT molecular complexity index is 2500. The van der Waals surface area contributed by atoms with Crippen LogP contribution in [0.1, 0.15) is 0 Å². The Labute approximate surface area is 240 Å². The molecular weight excluding hydrogens is 512 g/mol. The summed E-state index contributed by atoms with van der Waals surface area (Å²) in [6.45, 7) is 0. The van der Waals surface area contributed by atoms with Gasteiger partial charge in [-0.25, -0.2) is 0 Å². The van der Waals surface area contributed by atoms with E-state index < -0.39 is 0 Å². The lowest BCUT2D eigenvalue weighted by Gasteiger charge is -2.16. The Hall–Kier alpha value is -5.60. The smallest absolute Gasteiger partial charge is 0.136 e. The van der Waals surface area contributed by atoms with Gasteiger partial charge < -0.3 is 8.83 Å². The Morgan fingerprint density at radius 3 is 1.21 bits per heavy atom. The highest BCUT2D eigenvalue weighted by Gasteiger charge is 2.17. The van der Waals surface area contributed by atoms with Gasteiger partial charge in [-0.05, 0) is 91.0 Å². The van der Waals surface area contributed by atoms with Crippen LogP contribution in [0.5, 0.6) is 0 Å². The van der Waals surface area contributed by atoms with Crippen molar-refractivity contribution in [1.82, 2.24) is 0 Å². The van der Waals surface area contributed by atoms with Gasteiger partial charge in [0.25, 0.3) is 0 Å². The topological polar surface area (TPSA) is 26.3 Å². The van der Waals surface area contributed by atoms with E-state index in [4.69, 9.17) is 8.83 Å². The van der Waals surface area contributed by atoms with Crippen LogP contribution in [0, 0.1) is 0 Å². The molecule has 0 N–H and O–H groups in total. The monoisotopic (exact) mass is 534 g/mol. The average Bonchev–Trinajstić information content (AvgIpc) is 3.60. The summed E-state index contributed by atoms with van der Waals surface area (Å²) in [5.74, 6) is 0. The molecule has 0 bridgehead atoms. The zero-order valence-corrected chi connectivity index (χ0v) is 22.5. The van der Waals surface area contributed by atoms with Crippen molar-refractivity contribution in [2.45, 2.75) is 0 Å². The quantitative estimate of drug-likeness (QED) is 0.206. The van der Waals surface area contributed by atoms with Crippen molar-refractivity contribution < 1.29 is 8.83 Å². The first-order valence-corrected chi connectivity index (χ1v) is 14.3. The van der Waals surface area contributed by atoms with Crippen LogP contribution in [0.15, 0.2) is 142 Å². The molecule has 0 saturated heterocycles. The summed E-state index contributed by atoms with van der Waals surface area (Å²) in [6.07, 6.45) is 0. The third kappa shape index (κ3) is 2.93. The Kier molecular flexibility index (Phi) is 4.21. The second-order valence-corrected chi connectivity index (χ2v) is 11.3. The molecule has 0 fully saturated rings. The predicted octanol–water partition coefficient (Wildman–Crippen LogP) is 11.7. The van der Waals surface area contributed by atoms with Crippen molar-refractivity contribution >= 4 is 76.2 Å². The molecule has 2 nitrogen and oxygen atoms in total. The van der Waals surface area contributed by atoms with Gasteiger partial charge in [0.15, 0.2) is 0 Å². The molecule has 10 aromatic rings. The summed E-state index contributed by atoms with van der Waals surface area (Å²) in [7, 11) is 0. The van der Waals surface area contributed by atoms with Crippen LogP contribution in [0.25, 0.3) is 98.4 Å². The molecule has 0 saturated carbocycles. The van der Waals surface area contributed by atoms with Gasteiger partial charge in [-0.3, -0.25) is 0 Å². The molecule has 194 valence electrons. The maximum atomic E-state index is 6.25. The van der Waals surface area contributed by atoms with Crippen molar-refractivity contribution in [2.24, 2.45) is 0 Å². The lowest BCUT2D eigenvalue weighted by Crippen LogP contribution is -1.89. The van der Waals surface area contributed by atoms with Crippen LogP contribution in [0.4, 0.5) is 0 Å². The molecule has 0 radical (unpaired) electrons. The van der Waals surface area contributed by atoms with Crippen molar-refractivity contribution in [3.8, 4) is 22.3 Å². The van der Waals surface area contributed by atoms with Crippen LogP contribution in [0.2, 0.25) is 0 Å². The molecule has 2 heteroatoms. The average molecular weight is 535 g/mol. The molecule has 0 unspecified atom stereocenters. The minimum atomic E-state index is 0.919. The van der Waals surface area contributed by atoms with E-state index >= 15 is 0 Å². The maximum Gasteiger partial charge on any atom is 0.136 e. The van der Waals surface area contributed by atoms with Gasteiger partial charge in [-0.2, -0.15) is 0 Å². The number of hydrogen-bond acceptors (Lipinski definition) is 2. The highest BCUT2D eigenvalue weighted by molar-refractivity contribution is 6.28. The van der Waals surface area contributed by atoms with Crippen molar-refractivity contribution in [3.05, 3.63) is 133 Å². The number of rotatable bonds is 2. The number of benzene rings is 8. The van der Waals surface area contributed by atoms with E-state index in [1.54, 1.807) is 0 Å². The molecule has 42 heavy (non-hydrogen) atoms. The second kappa shape index (κ2) is 7.99. The minimum absolute atomic E-state index is 0.919. The van der Waals surface area contributed by atoms with E-state index in [0.29, 0.717) is 0 Å². The molecule has 2 aromatic heterocycles. The lowest BCUT2D eigenvalue weighted by molar-refractivity contribution is 0.668. The normalized spacial score (nSPS) is 12.3. The van der Waals surface area contributed by atoms with Gasteiger partial charge in [0.2, 0.25) is 0 Å². The van der Waals surface area contributed by atoms with Crippen LogP contribution in [-0.2, 0) is 0 Å². The molecule has 2 heterocycles. The molecular formula is C40H22O2. The fourth-order valence-corrected chi connectivity index (χ4v) is 7.09. The zero-order chi connectivity index (χ0) is 27.4. The van der Waals surface area contributed by atoms with Crippen molar-refractivity contribution in [2.75, 3.05) is 0 Å². The standard InChI is InChI=1S/C40H22O2/c1-3-7-35-29(5-1)31-17-13-25(21-37(31)41-35)27-15-9-23-12-20-34-28(16-10-24-11-19-33(27)39(23)40(24)34)26-14-18-32-30-6-2-4-8-36(30)42-38(32)22-26/h1-22H. The largest absolute Gasteiger partial charge is 0.456 e. The molecule has 0 aliphatic rings. The van der Waals surface area contributed by atoms with Gasteiger partial charge in [-0.1, -0.05) is 97.1 Å². The molecule has 10 rings (SSSR count). The molecule has 0 amide bonds. The highest BCUT2D eigenvalue weighted by atomic mass is 16.3. The van der Waals surface area contributed by atoms with E-state index in [0.717, 1.165) is 55.0 Å². The fourth-order valence-electron chi connectivity index (χ4n) is 7.09. The summed E-state index contributed by atoms with van der Waals surface area (Å²) < 4.78 is 12.5. The first kappa shape index (κ1) is 22.1. The van der Waals surface area contributed by atoms with Crippen molar-refractivity contribution in [1.29, 1.82) is 0 Å². The molecule has 0 aliphatic carbocycles. The zero-order valence-electron chi connectivity index (χ0n) is 22.5. The summed E-state index contributed by atoms with van der Waals surface area (Å²) in [4.78, 5) is 0. The van der Waals surface area contributed by atoms with E-state index in [-0.39, 0.29) is 0 Å². The predicted molar refractivity (Wildman–Crippen MR) is 176 cm³/mol. The highest BCUT2D eigenvalue weighted by Crippen LogP contribution is 2.43. The third-order valence-corrected chi connectivity index (χ3v) is 9.04. The summed E-state index contributed by atoms with van der Waals surface area (Å²) in [5.41, 5.74) is 8.44. The van der Waals surface area contributed by atoms with Crippen molar-refractivity contribution in [3.63, 3.8) is 0 Å². The third-order valence-electron chi connectivity index (χ3n) is 9.04. The fraction of sp³-hybridized carbons (Fsp3) is 0. The van der Waals surface area contributed by atoms with Gasteiger partial charge in [0.1, 0.15) is 22.3 Å². The first-order chi connectivity index (χ1) is 20.8. The van der Waals surface area contributed by atoms with Crippen LogP contribution in [-0.4, -0.2) is 0 Å². The number of furan rings is 2. The van der Waals surface area contributed by atoms with Crippen LogP contribution >= 0.6 is 0 Å². The molecule has 0 aliphatic heterocycles. The number of para-hydroxylation sites is 2. The summed E-state index contributed by atoms with van der Waals surface area (Å²) in [5, 5.41) is 12.2. The maximum absolute atomic E-state index is 6.25. The minimum Gasteiger partial charge on any atom is -0.456 e. The van der Waals surface area contributed by atoms with Gasteiger partial charge in [-0.15, -0.1) is 0 Å². The molecule has 8 aromatic carbocycles. The van der Waals surface area contributed by atoms with Gasteiger partial charge in [0.05, 0.1) is 0 Å². The van der Waals surface area contributed by atoms with Gasteiger partial charge >= 0.3 is 0 Å².